The van der Waals surface area contributed by atoms with Crippen LogP contribution in [-0.2, 0) is 11.3 Å². The molecular formula is C19H28ClN3O2. The van der Waals surface area contributed by atoms with Crippen molar-refractivity contribution in [3.05, 3.63) is 35.4 Å². The predicted molar refractivity (Wildman–Crippen MR) is 101 cm³/mol. The van der Waals surface area contributed by atoms with E-state index in [0.29, 0.717) is 12.5 Å². The monoisotopic (exact) mass is 365 g/mol. The number of benzene rings is 1. The zero-order chi connectivity index (χ0) is 16.9. The maximum atomic E-state index is 12.4. The van der Waals surface area contributed by atoms with Gasteiger partial charge < -0.3 is 15.5 Å². The second-order valence-corrected chi connectivity index (χ2v) is 6.97. The topological polar surface area (TPSA) is 61.4 Å². The second-order valence-electron chi connectivity index (χ2n) is 6.97. The molecular weight excluding hydrogens is 338 g/mol. The second kappa shape index (κ2) is 9.20. The number of hydrogen-bond donors (Lipinski definition) is 2. The van der Waals surface area contributed by atoms with E-state index in [1.54, 1.807) is 0 Å². The summed E-state index contributed by atoms with van der Waals surface area (Å²) >= 11 is 0. The summed E-state index contributed by atoms with van der Waals surface area (Å²) in [5.74, 6) is 0.729. The first-order chi connectivity index (χ1) is 11.6. The quantitative estimate of drug-likeness (QED) is 0.841. The minimum Gasteiger partial charge on any atom is -0.352 e. The van der Waals surface area contributed by atoms with Gasteiger partial charge in [0.25, 0.3) is 5.91 Å². The van der Waals surface area contributed by atoms with Gasteiger partial charge in [0.1, 0.15) is 0 Å². The molecule has 0 saturated carbocycles. The Hall–Kier alpha value is -1.59. The lowest BCUT2D eigenvalue weighted by atomic mass is 9.88. The molecule has 1 aromatic carbocycles. The zero-order valence-corrected chi connectivity index (χ0v) is 15.6. The summed E-state index contributed by atoms with van der Waals surface area (Å²) in [7, 11) is 0. The molecule has 5 nitrogen and oxygen atoms in total. The van der Waals surface area contributed by atoms with Crippen LogP contribution in [0.2, 0.25) is 0 Å². The fourth-order valence-corrected chi connectivity index (χ4v) is 3.27. The maximum Gasteiger partial charge on any atom is 0.253 e. The largest absolute Gasteiger partial charge is 0.352 e. The Morgan fingerprint density at radius 2 is 1.80 bits per heavy atom. The highest BCUT2D eigenvalue weighted by Crippen LogP contribution is 2.16. The van der Waals surface area contributed by atoms with Gasteiger partial charge in [0.2, 0.25) is 5.91 Å². The van der Waals surface area contributed by atoms with Crippen LogP contribution < -0.4 is 10.6 Å². The van der Waals surface area contributed by atoms with Gasteiger partial charge in [-0.15, -0.1) is 12.4 Å². The molecule has 2 fully saturated rings. The van der Waals surface area contributed by atoms with Crippen LogP contribution >= 0.6 is 12.4 Å². The number of nitrogens with one attached hydrogen (secondary N) is 2. The third kappa shape index (κ3) is 4.95. The standard InChI is InChI=1S/C19H27N3O2.ClH/c1-14(17-12-20-13-17)18(23)21-11-15-5-7-16(8-6-15)19(24)22-9-3-2-4-10-22;/h5-8,14,17,20H,2-4,9-13H2,1H3,(H,21,23);1H. The van der Waals surface area contributed by atoms with E-state index in [1.165, 1.54) is 6.42 Å². The number of halogens is 1. The molecule has 0 aliphatic carbocycles. The number of piperidine rings is 1. The Bertz CT molecular complexity index is 581. The van der Waals surface area contributed by atoms with Crippen molar-refractivity contribution in [3.8, 4) is 0 Å². The molecule has 138 valence electrons. The summed E-state index contributed by atoms with van der Waals surface area (Å²) in [6.07, 6.45) is 3.42. The average molecular weight is 366 g/mol. The van der Waals surface area contributed by atoms with Crippen LogP contribution in [0.4, 0.5) is 0 Å². The molecule has 0 aromatic heterocycles. The Morgan fingerprint density at radius 3 is 2.36 bits per heavy atom. The number of hydrogen-bond acceptors (Lipinski definition) is 3. The Balaban J connectivity index is 0.00000225. The van der Waals surface area contributed by atoms with Gasteiger partial charge in [-0.1, -0.05) is 19.1 Å². The van der Waals surface area contributed by atoms with Crippen LogP contribution in [0.3, 0.4) is 0 Å². The minimum atomic E-state index is 0. The predicted octanol–water partition coefficient (Wildman–Crippen LogP) is 2.21. The van der Waals surface area contributed by atoms with Crippen LogP contribution in [0.25, 0.3) is 0 Å². The fraction of sp³-hybridized carbons (Fsp3) is 0.579. The van der Waals surface area contributed by atoms with Gasteiger partial charge >= 0.3 is 0 Å². The van der Waals surface area contributed by atoms with Gasteiger partial charge in [0.05, 0.1) is 0 Å². The molecule has 2 amide bonds. The molecule has 2 saturated heterocycles. The summed E-state index contributed by atoms with van der Waals surface area (Å²) < 4.78 is 0. The minimum absolute atomic E-state index is 0. The average Bonchev–Trinajstić information content (AvgIpc) is 2.58. The van der Waals surface area contributed by atoms with E-state index >= 15 is 0 Å². The van der Waals surface area contributed by atoms with Crippen molar-refractivity contribution in [2.24, 2.45) is 11.8 Å². The number of carbonyl (C=O) groups excluding carboxylic acids is 2. The van der Waals surface area contributed by atoms with Gasteiger partial charge in [0, 0.05) is 31.1 Å². The maximum absolute atomic E-state index is 12.4. The van der Waals surface area contributed by atoms with Crippen molar-refractivity contribution in [3.63, 3.8) is 0 Å². The lowest BCUT2D eigenvalue weighted by Crippen LogP contribution is -2.49. The van der Waals surface area contributed by atoms with Crippen LogP contribution in [0.5, 0.6) is 0 Å². The molecule has 2 heterocycles. The van der Waals surface area contributed by atoms with E-state index in [0.717, 1.165) is 50.1 Å². The third-order valence-corrected chi connectivity index (χ3v) is 5.24. The van der Waals surface area contributed by atoms with E-state index in [-0.39, 0.29) is 30.1 Å². The highest BCUT2D eigenvalue weighted by Gasteiger charge is 2.28. The number of likely N-dealkylation sites (tertiary alicyclic amines) is 1. The highest BCUT2D eigenvalue weighted by molar-refractivity contribution is 5.94. The smallest absolute Gasteiger partial charge is 0.253 e. The summed E-state index contributed by atoms with van der Waals surface area (Å²) in [6.45, 7) is 6.10. The molecule has 0 bridgehead atoms. The molecule has 2 aliphatic heterocycles. The first-order valence-corrected chi connectivity index (χ1v) is 9.02. The summed E-state index contributed by atoms with van der Waals surface area (Å²) in [5.41, 5.74) is 1.76. The zero-order valence-electron chi connectivity index (χ0n) is 14.8. The number of rotatable bonds is 5. The number of nitrogens with zero attached hydrogens (tertiary/aromatic N) is 1. The van der Waals surface area contributed by atoms with Crippen molar-refractivity contribution in [1.29, 1.82) is 0 Å². The van der Waals surface area contributed by atoms with Gasteiger partial charge in [-0.05, 0) is 56.0 Å². The summed E-state index contributed by atoms with van der Waals surface area (Å²) in [5, 5.41) is 6.20. The molecule has 3 rings (SSSR count). The molecule has 0 spiro atoms. The van der Waals surface area contributed by atoms with Crippen LogP contribution in [0.1, 0.15) is 42.1 Å². The molecule has 0 radical (unpaired) electrons. The van der Waals surface area contributed by atoms with Crippen molar-refractivity contribution >= 4 is 24.2 Å². The fourth-order valence-electron chi connectivity index (χ4n) is 3.27. The molecule has 2 aliphatic rings. The van der Waals surface area contributed by atoms with Crippen molar-refractivity contribution < 1.29 is 9.59 Å². The first kappa shape index (κ1) is 19.7. The van der Waals surface area contributed by atoms with Gasteiger partial charge in [0.15, 0.2) is 0 Å². The molecule has 6 heteroatoms. The van der Waals surface area contributed by atoms with Crippen molar-refractivity contribution in [1.82, 2.24) is 15.5 Å². The van der Waals surface area contributed by atoms with E-state index in [4.69, 9.17) is 0 Å². The van der Waals surface area contributed by atoms with Crippen molar-refractivity contribution in [2.75, 3.05) is 26.2 Å². The third-order valence-electron chi connectivity index (χ3n) is 5.24. The molecule has 1 unspecified atom stereocenters. The van der Waals surface area contributed by atoms with Gasteiger partial charge in [-0.3, -0.25) is 9.59 Å². The van der Waals surface area contributed by atoms with E-state index < -0.39 is 0 Å². The van der Waals surface area contributed by atoms with Crippen LogP contribution in [0, 0.1) is 11.8 Å². The lowest BCUT2D eigenvalue weighted by Gasteiger charge is -2.31. The van der Waals surface area contributed by atoms with Gasteiger partial charge in [-0.2, -0.15) is 0 Å². The summed E-state index contributed by atoms with van der Waals surface area (Å²) in [6, 6.07) is 7.62. The van der Waals surface area contributed by atoms with E-state index in [1.807, 2.05) is 36.1 Å². The van der Waals surface area contributed by atoms with Crippen LogP contribution in [-0.4, -0.2) is 42.9 Å². The van der Waals surface area contributed by atoms with Gasteiger partial charge in [-0.25, -0.2) is 0 Å². The molecule has 1 aromatic rings. The van der Waals surface area contributed by atoms with E-state index in [2.05, 4.69) is 10.6 Å². The highest BCUT2D eigenvalue weighted by atomic mass is 35.5. The Labute approximate surface area is 155 Å². The van der Waals surface area contributed by atoms with Crippen LogP contribution in [0.15, 0.2) is 24.3 Å². The number of carbonyl (C=O) groups is 2. The Morgan fingerprint density at radius 1 is 1.16 bits per heavy atom. The molecule has 25 heavy (non-hydrogen) atoms. The molecule has 2 N–H and O–H groups in total. The van der Waals surface area contributed by atoms with Crippen molar-refractivity contribution in [2.45, 2.75) is 32.7 Å². The molecule has 1 atom stereocenters. The van der Waals surface area contributed by atoms with E-state index in [9.17, 15) is 9.59 Å². The Kier molecular flexibility index (Phi) is 7.26. The normalized spacial score (nSPS) is 18.7. The summed E-state index contributed by atoms with van der Waals surface area (Å²) in [4.78, 5) is 26.5. The first-order valence-electron chi connectivity index (χ1n) is 9.02. The SMILES string of the molecule is CC(C(=O)NCc1ccc(C(=O)N2CCCCC2)cc1)C1CNC1.Cl. The lowest BCUT2D eigenvalue weighted by molar-refractivity contribution is -0.126. The number of amides is 2.